The van der Waals surface area contributed by atoms with Gasteiger partial charge in [-0.3, -0.25) is 9.59 Å². The highest BCUT2D eigenvalue weighted by molar-refractivity contribution is 5.70. The molecule has 1 N–H and O–H groups in total. The highest BCUT2D eigenvalue weighted by Gasteiger charge is 2.16. The Morgan fingerprint density at radius 3 is 0.765 bits per heavy atom. The number of aliphatic hydroxyl groups is 1. The molecule has 0 fully saturated rings. The summed E-state index contributed by atoms with van der Waals surface area (Å²) in [5.41, 5.74) is 0. The molecule has 0 aromatic rings. The molecule has 85 heavy (non-hydrogen) atoms. The number of rotatable bonds is 68. The molecule has 0 radical (unpaired) electrons. The van der Waals surface area contributed by atoms with Gasteiger partial charge in [-0.05, 0) is 83.5 Å². The Kier molecular flexibility index (Phi) is 71.8. The van der Waals surface area contributed by atoms with Crippen molar-refractivity contribution >= 4 is 11.9 Å². The molecule has 5 heteroatoms. The second kappa shape index (κ2) is 74.8. The number of hydrogen-bond donors (Lipinski definition) is 1. The minimum Gasteiger partial charge on any atom is -0.462 e. The van der Waals surface area contributed by atoms with Gasteiger partial charge in [0.15, 0.2) is 6.10 Å². The first kappa shape index (κ1) is 81.6. The molecule has 0 rings (SSSR count). The third-order valence-electron chi connectivity index (χ3n) is 16.3. The van der Waals surface area contributed by atoms with Gasteiger partial charge in [0.05, 0.1) is 6.61 Å². The van der Waals surface area contributed by atoms with E-state index in [1.165, 1.54) is 225 Å². The lowest BCUT2D eigenvalue weighted by atomic mass is 10.0. The van der Waals surface area contributed by atoms with E-state index in [4.69, 9.17) is 9.47 Å². The van der Waals surface area contributed by atoms with Crippen LogP contribution < -0.4 is 0 Å². The van der Waals surface area contributed by atoms with Crippen LogP contribution in [0.25, 0.3) is 0 Å². The van der Waals surface area contributed by atoms with Crippen molar-refractivity contribution in [1.82, 2.24) is 0 Å². The summed E-state index contributed by atoms with van der Waals surface area (Å²) < 4.78 is 10.8. The van der Waals surface area contributed by atoms with Crippen LogP contribution in [0.3, 0.4) is 0 Å². The quantitative estimate of drug-likeness (QED) is 0.0373. The Labute approximate surface area is 529 Å². The number of esters is 2. The van der Waals surface area contributed by atoms with Gasteiger partial charge in [-0.1, -0.05) is 380 Å². The molecule has 0 amide bonds. The molecule has 0 aliphatic carbocycles. The van der Waals surface area contributed by atoms with Crippen LogP contribution in [0.5, 0.6) is 0 Å². The van der Waals surface area contributed by atoms with E-state index >= 15 is 0 Å². The van der Waals surface area contributed by atoms with E-state index in [1.54, 1.807) is 0 Å². The van der Waals surface area contributed by atoms with Gasteiger partial charge in [-0.25, -0.2) is 0 Å². The molecule has 0 saturated carbocycles. The first-order valence-corrected chi connectivity index (χ1v) is 36.9. The van der Waals surface area contributed by atoms with E-state index < -0.39 is 6.10 Å². The molecule has 0 aliphatic heterocycles. The van der Waals surface area contributed by atoms with Gasteiger partial charge in [-0.2, -0.15) is 0 Å². The lowest BCUT2D eigenvalue weighted by Crippen LogP contribution is -2.28. The molecule has 0 aromatic carbocycles. The summed E-state index contributed by atoms with van der Waals surface area (Å²) >= 11 is 0. The Bertz CT molecular complexity index is 1620. The number of hydrogen-bond acceptors (Lipinski definition) is 5. The second-order valence-corrected chi connectivity index (χ2v) is 24.7. The van der Waals surface area contributed by atoms with Crippen LogP contribution in [0.1, 0.15) is 367 Å². The predicted octanol–water partition coefficient (Wildman–Crippen LogP) is 25.9. The molecule has 0 aliphatic rings. The Hall–Kier alpha value is -3.44. The maximum Gasteiger partial charge on any atom is 0.306 e. The van der Waals surface area contributed by atoms with E-state index in [9.17, 15) is 14.7 Å². The van der Waals surface area contributed by atoms with E-state index in [2.05, 4.69) is 123 Å². The SMILES string of the molecule is CC/C=C\C/C=C\C/C=C\C/C=C\C/C=C\C/C=C\C/C=C\C/C=C\C/C=C\CCCCCCCC(=O)OC(CO)COC(=O)CCCCCCCCCCCCCCCCCCCCCCCCCCCCCCCCCCCCCCCC. The molecule has 0 bridgehead atoms. The summed E-state index contributed by atoms with van der Waals surface area (Å²) in [5, 5.41) is 9.71. The van der Waals surface area contributed by atoms with Crippen LogP contribution in [0.2, 0.25) is 0 Å². The zero-order valence-electron chi connectivity index (χ0n) is 56.4. The van der Waals surface area contributed by atoms with Gasteiger partial charge < -0.3 is 14.6 Å². The van der Waals surface area contributed by atoms with Crippen molar-refractivity contribution in [3.05, 3.63) is 109 Å². The van der Waals surface area contributed by atoms with Crippen molar-refractivity contribution in [1.29, 1.82) is 0 Å². The lowest BCUT2D eigenvalue weighted by Gasteiger charge is -2.15. The minimum absolute atomic E-state index is 0.0765. The fourth-order valence-electron chi connectivity index (χ4n) is 10.8. The zero-order chi connectivity index (χ0) is 61.2. The predicted molar refractivity (Wildman–Crippen MR) is 375 cm³/mol. The fourth-order valence-corrected chi connectivity index (χ4v) is 10.8. The van der Waals surface area contributed by atoms with Crippen LogP contribution in [-0.2, 0) is 19.1 Å². The summed E-state index contributed by atoms with van der Waals surface area (Å²) in [6, 6.07) is 0. The molecule has 1 atom stereocenters. The monoisotopic (exact) mass is 1180 g/mol. The van der Waals surface area contributed by atoms with E-state index in [-0.39, 0.29) is 25.2 Å². The van der Waals surface area contributed by atoms with Gasteiger partial charge in [0.25, 0.3) is 0 Å². The number of carbonyl (C=O) groups is 2. The molecule has 0 heterocycles. The average molecular weight is 1180 g/mol. The van der Waals surface area contributed by atoms with Crippen LogP contribution in [0.15, 0.2) is 109 Å². The Morgan fingerprint density at radius 2 is 0.506 bits per heavy atom. The number of aliphatic hydroxyl groups excluding tert-OH is 1. The van der Waals surface area contributed by atoms with Crippen molar-refractivity contribution in [2.45, 2.75) is 373 Å². The number of ether oxygens (including phenoxy) is 2. The summed E-state index contributed by atoms with van der Waals surface area (Å²) in [7, 11) is 0. The van der Waals surface area contributed by atoms with E-state index in [0.717, 1.165) is 116 Å². The largest absolute Gasteiger partial charge is 0.462 e. The van der Waals surface area contributed by atoms with Crippen LogP contribution in [0.4, 0.5) is 0 Å². The van der Waals surface area contributed by atoms with Crippen LogP contribution in [0, 0.1) is 0 Å². The zero-order valence-corrected chi connectivity index (χ0v) is 56.4. The Morgan fingerprint density at radius 1 is 0.282 bits per heavy atom. The van der Waals surface area contributed by atoms with Gasteiger partial charge in [0.2, 0.25) is 0 Å². The van der Waals surface area contributed by atoms with Crippen molar-refractivity contribution in [2.24, 2.45) is 0 Å². The number of allylic oxidation sites excluding steroid dienone is 18. The highest BCUT2D eigenvalue weighted by atomic mass is 16.6. The lowest BCUT2D eigenvalue weighted by molar-refractivity contribution is -0.161. The third-order valence-corrected chi connectivity index (χ3v) is 16.3. The van der Waals surface area contributed by atoms with Gasteiger partial charge in [-0.15, -0.1) is 0 Å². The number of unbranched alkanes of at least 4 members (excludes halogenated alkanes) is 42. The molecule has 0 saturated heterocycles. The molecule has 5 nitrogen and oxygen atoms in total. The van der Waals surface area contributed by atoms with Gasteiger partial charge in [0.1, 0.15) is 6.61 Å². The van der Waals surface area contributed by atoms with Crippen molar-refractivity contribution in [3.8, 4) is 0 Å². The fraction of sp³-hybridized carbons (Fsp3) is 0.750. The van der Waals surface area contributed by atoms with Crippen molar-refractivity contribution < 1.29 is 24.2 Å². The smallest absolute Gasteiger partial charge is 0.306 e. The second-order valence-electron chi connectivity index (χ2n) is 24.7. The maximum atomic E-state index is 12.4. The first-order chi connectivity index (χ1) is 42.1. The summed E-state index contributed by atoms with van der Waals surface area (Å²) in [4.78, 5) is 24.7. The molecule has 1 unspecified atom stereocenters. The average Bonchev–Trinajstić information content (AvgIpc) is 3.52. The summed E-state index contributed by atoms with van der Waals surface area (Å²) in [5.74, 6) is -0.604. The molecular formula is C80H140O5. The molecule has 0 spiro atoms. The molecule has 0 aromatic heterocycles. The summed E-state index contributed by atoms with van der Waals surface area (Å²) in [6.07, 6.45) is 109. The standard InChI is InChI=1S/C80H140O5/c1-3-5-7-9-11-13-15-17-19-21-23-25-27-29-31-33-35-37-38-39-40-41-43-44-46-48-50-52-54-56-58-60-62-64-66-68-70-72-74-79(82)84-77-78(76-81)85-80(83)75-73-71-69-67-65-63-61-59-57-55-53-51-49-47-45-42-36-34-32-30-28-26-24-22-20-18-16-14-12-10-8-6-4-2/h6,8,12,14,18,20,24,26,30,32,36,42,47,49,53,55,59,61,78,81H,3-5,7,9-11,13,15-17,19,21-23,25,27-29,31,33-35,37-41,43-46,48,50-52,54,56-58,60,62-77H2,1-2H3/b8-6-,14-12-,20-18-,26-24-,32-30-,42-36-,49-47-,55-53-,61-59-. The highest BCUT2D eigenvalue weighted by Crippen LogP contribution is 2.19. The topological polar surface area (TPSA) is 72.8 Å². The van der Waals surface area contributed by atoms with Gasteiger partial charge in [0, 0.05) is 12.8 Å². The van der Waals surface area contributed by atoms with Crippen LogP contribution in [-0.4, -0.2) is 36.4 Å². The van der Waals surface area contributed by atoms with E-state index in [0.29, 0.717) is 12.8 Å². The normalized spacial score (nSPS) is 12.8. The number of carbonyl (C=O) groups excluding carboxylic acids is 2. The van der Waals surface area contributed by atoms with E-state index in [1.807, 2.05) is 0 Å². The Balaban J connectivity index is 3.48. The molecular weight excluding hydrogens is 1040 g/mol. The van der Waals surface area contributed by atoms with Crippen LogP contribution >= 0.6 is 0 Å². The first-order valence-electron chi connectivity index (χ1n) is 36.9. The maximum absolute atomic E-state index is 12.4. The molecule has 490 valence electrons. The minimum atomic E-state index is -0.791. The van der Waals surface area contributed by atoms with Crippen molar-refractivity contribution in [3.63, 3.8) is 0 Å². The van der Waals surface area contributed by atoms with Gasteiger partial charge >= 0.3 is 11.9 Å². The summed E-state index contributed by atoms with van der Waals surface area (Å²) in [6.45, 7) is 4.05. The third kappa shape index (κ3) is 72.9. The van der Waals surface area contributed by atoms with Crippen molar-refractivity contribution in [2.75, 3.05) is 13.2 Å².